The lowest BCUT2D eigenvalue weighted by molar-refractivity contribution is 0.206. The van der Waals surface area contributed by atoms with E-state index in [4.69, 9.17) is 0 Å². The molecule has 0 bridgehead atoms. The predicted octanol–water partition coefficient (Wildman–Crippen LogP) is 2.06. The summed E-state index contributed by atoms with van der Waals surface area (Å²) < 4.78 is 0. The number of nitrogens with one attached hydrogen (secondary N) is 1. The molecule has 1 aliphatic rings. The van der Waals surface area contributed by atoms with Gasteiger partial charge in [-0.15, -0.1) is 0 Å². The van der Waals surface area contributed by atoms with Gasteiger partial charge in [-0.05, 0) is 63.4 Å². The molecule has 15 heavy (non-hydrogen) atoms. The third-order valence-electron chi connectivity index (χ3n) is 3.00. The van der Waals surface area contributed by atoms with Gasteiger partial charge in [0, 0.05) is 6.54 Å². The molecule has 0 aromatic heterocycles. The third kappa shape index (κ3) is 6.44. The molecule has 1 saturated heterocycles. The summed E-state index contributed by atoms with van der Waals surface area (Å²) >= 11 is 2.05. The molecule has 0 aliphatic carbocycles. The van der Waals surface area contributed by atoms with Crippen molar-refractivity contribution in [2.24, 2.45) is 5.92 Å². The maximum atomic E-state index is 3.59. The Balaban J connectivity index is 1.90. The fraction of sp³-hybridized carbons (Fsp3) is 1.00. The van der Waals surface area contributed by atoms with Crippen LogP contribution in [0.15, 0.2) is 0 Å². The molecule has 0 aromatic rings. The van der Waals surface area contributed by atoms with Gasteiger partial charge in [-0.3, -0.25) is 0 Å². The van der Waals surface area contributed by atoms with Gasteiger partial charge in [-0.25, -0.2) is 0 Å². The van der Waals surface area contributed by atoms with Crippen molar-refractivity contribution >= 4 is 11.8 Å². The highest BCUT2D eigenvalue weighted by molar-refractivity contribution is 7.99. The van der Waals surface area contributed by atoms with E-state index in [1.54, 1.807) is 0 Å². The zero-order chi connectivity index (χ0) is 10.9. The van der Waals surface area contributed by atoms with E-state index in [9.17, 15) is 0 Å². The zero-order valence-electron chi connectivity index (χ0n) is 10.3. The zero-order valence-corrected chi connectivity index (χ0v) is 11.1. The first-order valence-corrected chi connectivity index (χ1v) is 7.45. The van der Waals surface area contributed by atoms with Crippen LogP contribution in [0.4, 0.5) is 0 Å². The lowest BCUT2D eigenvalue weighted by atomic mass is 9.98. The Kier molecular flexibility index (Phi) is 7.49. The van der Waals surface area contributed by atoms with Crippen LogP contribution in [0.1, 0.15) is 26.2 Å². The van der Waals surface area contributed by atoms with Gasteiger partial charge in [0.25, 0.3) is 0 Å². The van der Waals surface area contributed by atoms with Crippen LogP contribution >= 0.6 is 11.8 Å². The first-order valence-electron chi connectivity index (χ1n) is 6.30. The highest BCUT2D eigenvalue weighted by Gasteiger charge is 2.15. The van der Waals surface area contributed by atoms with Crippen LogP contribution < -0.4 is 5.32 Å². The summed E-state index contributed by atoms with van der Waals surface area (Å²) in [6, 6.07) is 0. The molecule has 1 atom stereocenters. The smallest absolute Gasteiger partial charge is 0.00187 e. The number of likely N-dealkylation sites (tertiary alicyclic amines) is 1. The van der Waals surface area contributed by atoms with Crippen LogP contribution in [-0.2, 0) is 0 Å². The number of nitrogens with zero attached hydrogens (tertiary/aromatic N) is 1. The molecule has 0 radical (unpaired) electrons. The third-order valence-corrected chi connectivity index (χ3v) is 3.99. The molecule has 1 aliphatic heterocycles. The Morgan fingerprint density at radius 3 is 3.07 bits per heavy atom. The summed E-state index contributed by atoms with van der Waals surface area (Å²) in [5.41, 5.74) is 0. The molecule has 0 spiro atoms. The van der Waals surface area contributed by atoms with Gasteiger partial charge in [-0.2, -0.15) is 11.8 Å². The SMILES string of the molecule is CCSCCCNCC1CCCN(C)C1. The molecular formula is C12H26N2S. The van der Waals surface area contributed by atoms with E-state index in [-0.39, 0.29) is 0 Å². The highest BCUT2D eigenvalue weighted by atomic mass is 32.2. The molecule has 3 heteroatoms. The van der Waals surface area contributed by atoms with Crippen LogP contribution in [0.25, 0.3) is 0 Å². The van der Waals surface area contributed by atoms with Crippen LogP contribution in [0.3, 0.4) is 0 Å². The van der Waals surface area contributed by atoms with Crippen LogP contribution in [0.2, 0.25) is 0 Å². The van der Waals surface area contributed by atoms with Crippen LogP contribution in [-0.4, -0.2) is 49.6 Å². The normalized spacial score (nSPS) is 23.2. The first kappa shape index (κ1) is 13.3. The van der Waals surface area contributed by atoms with Crippen molar-refractivity contribution in [3.8, 4) is 0 Å². The Bertz CT molecular complexity index is 153. The second-order valence-corrected chi connectivity index (χ2v) is 5.92. The van der Waals surface area contributed by atoms with E-state index in [1.807, 2.05) is 11.8 Å². The molecule has 90 valence electrons. The Morgan fingerprint density at radius 1 is 1.47 bits per heavy atom. The second-order valence-electron chi connectivity index (χ2n) is 4.53. The predicted molar refractivity (Wildman–Crippen MR) is 70.7 cm³/mol. The fourth-order valence-corrected chi connectivity index (χ4v) is 2.83. The molecule has 0 saturated carbocycles. The van der Waals surface area contributed by atoms with Crippen molar-refractivity contribution < 1.29 is 0 Å². The summed E-state index contributed by atoms with van der Waals surface area (Å²) in [6.07, 6.45) is 4.12. The van der Waals surface area contributed by atoms with Crippen LogP contribution in [0, 0.1) is 5.92 Å². The first-order chi connectivity index (χ1) is 7.33. The van der Waals surface area contributed by atoms with E-state index < -0.39 is 0 Å². The topological polar surface area (TPSA) is 15.3 Å². The number of rotatable bonds is 7. The summed E-state index contributed by atoms with van der Waals surface area (Å²) in [5.74, 6) is 3.46. The van der Waals surface area contributed by atoms with Gasteiger partial charge in [0.05, 0.1) is 0 Å². The molecule has 1 unspecified atom stereocenters. The van der Waals surface area contributed by atoms with Crippen LogP contribution in [0.5, 0.6) is 0 Å². The average Bonchev–Trinajstić information content (AvgIpc) is 2.23. The van der Waals surface area contributed by atoms with Gasteiger partial charge < -0.3 is 10.2 Å². The van der Waals surface area contributed by atoms with E-state index in [0.717, 1.165) is 5.92 Å². The molecule has 1 heterocycles. The number of piperidine rings is 1. The maximum absolute atomic E-state index is 3.59. The van der Waals surface area contributed by atoms with E-state index in [1.165, 1.54) is 56.9 Å². The van der Waals surface area contributed by atoms with Crippen molar-refractivity contribution in [2.75, 3.05) is 44.7 Å². The minimum absolute atomic E-state index is 0.891. The molecule has 0 aromatic carbocycles. The van der Waals surface area contributed by atoms with Crippen molar-refractivity contribution in [3.63, 3.8) is 0 Å². The lowest BCUT2D eigenvalue weighted by Gasteiger charge is -2.29. The number of thioether (sulfide) groups is 1. The van der Waals surface area contributed by atoms with Gasteiger partial charge in [0.2, 0.25) is 0 Å². The van der Waals surface area contributed by atoms with Gasteiger partial charge >= 0.3 is 0 Å². The van der Waals surface area contributed by atoms with Gasteiger partial charge in [0.1, 0.15) is 0 Å². The minimum Gasteiger partial charge on any atom is -0.316 e. The van der Waals surface area contributed by atoms with Gasteiger partial charge in [-0.1, -0.05) is 6.92 Å². The molecular weight excluding hydrogens is 204 g/mol. The minimum atomic E-state index is 0.891. The summed E-state index contributed by atoms with van der Waals surface area (Å²) in [7, 11) is 2.24. The van der Waals surface area contributed by atoms with E-state index in [0.29, 0.717) is 0 Å². The average molecular weight is 230 g/mol. The van der Waals surface area contributed by atoms with Crippen molar-refractivity contribution in [1.82, 2.24) is 10.2 Å². The molecule has 0 amide bonds. The Labute approximate surface area is 99.2 Å². The summed E-state index contributed by atoms with van der Waals surface area (Å²) in [4.78, 5) is 2.46. The standard InChI is InChI=1S/C12H26N2S/c1-3-15-9-5-7-13-10-12-6-4-8-14(2)11-12/h12-13H,3-11H2,1-2H3. The lowest BCUT2D eigenvalue weighted by Crippen LogP contribution is -2.37. The quantitative estimate of drug-likeness (QED) is 0.674. The number of hydrogen-bond acceptors (Lipinski definition) is 3. The molecule has 1 rings (SSSR count). The monoisotopic (exact) mass is 230 g/mol. The number of hydrogen-bond donors (Lipinski definition) is 1. The van der Waals surface area contributed by atoms with E-state index in [2.05, 4.69) is 24.2 Å². The highest BCUT2D eigenvalue weighted by Crippen LogP contribution is 2.13. The largest absolute Gasteiger partial charge is 0.316 e. The van der Waals surface area contributed by atoms with Gasteiger partial charge in [0.15, 0.2) is 0 Å². The van der Waals surface area contributed by atoms with Crippen molar-refractivity contribution in [3.05, 3.63) is 0 Å². The summed E-state index contributed by atoms with van der Waals surface area (Å²) in [6.45, 7) is 7.24. The van der Waals surface area contributed by atoms with Crippen molar-refractivity contribution in [2.45, 2.75) is 26.2 Å². The molecule has 1 fully saturated rings. The summed E-state index contributed by atoms with van der Waals surface area (Å²) in [5, 5.41) is 3.59. The Morgan fingerprint density at radius 2 is 2.33 bits per heavy atom. The molecule has 1 N–H and O–H groups in total. The second kappa shape index (κ2) is 8.43. The van der Waals surface area contributed by atoms with E-state index >= 15 is 0 Å². The molecule has 2 nitrogen and oxygen atoms in total. The Hall–Kier alpha value is 0.270. The van der Waals surface area contributed by atoms with Crippen molar-refractivity contribution in [1.29, 1.82) is 0 Å². The fourth-order valence-electron chi connectivity index (χ4n) is 2.19. The maximum Gasteiger partial charge on any atom is 0.00187 e.